The molecule has 1 N–H and O–H groups in total. The van der Waals surface area contributed by atoms with E-state index < -0.39 is 0 Å². The summed E-state index contributed by atoms with van der Waals surface area (Å²) in [5.41, 5.74) is 2.03. The van der Waals surface area contributed by atoms with Gasteiger partial charge in [-0.3, -0.25) is 9.97 Å². The molecule has 4 heteroatoms. The topological polar surface area (TPSA) is 47.0 Å². The second-order valence-electron chi connectivity index (χ2n) is 4.52. The maximum atomic E-state index is 5.52. The van der Waals surface area contributed by atoms with Gasteiger partial charge in [0.25, 0.3) is 0 Å². The number of aromatic nitrogens is 2. The van der Waals surface area contributed by atoms with Crippen LogP contribution in [0.2, 0.25) is 0 Å². The van der Waals surface area contributed by atoms with E-state index in [-0.39, 0.29) is 6.04 Å². The van der Waals surface area contributed by atoms with E-state index in [1.54, 1.807) is 12.4 Å². The van der Waals surface area contributed by atoms with E-state index in [0.29, 0.717) is 0 Å². The molecule has 0 radical (unpaired) electrons. The van der Waals surface area contributed by atoms with Crippen LogP contribution >= 0.6 is 0 Å². The second kappa shape index (κ2) is 9.00. The van der Waals surface area contributed by atoms with Crippen molar-refractivity contribution in [1.29, 1.82) is 0 Å². The SMILES string of the molecule is CCCCOCCCNC(C)c1nccnc1C. The Kier molecular flexibility index (Phi) is 7.53. The number of ether oxygens (including phenoxy) is 1. The number of rotatable bonds is 9. The Morgan fingerprint density at radius 2 is 1.94 bits per heavy atom. The molecular formula is C14H25N3O. The molecule has 1 unspecified atom stereocenters. The van der Waals surface area contributed by atoms with Crippen molar-refractivity contribution in [3.8, 4) is 0 Å². The van der Waals surface area contributed by atoms with Crippen LogP contribution in [0.15, 0.2) is 12.4 Å². The van der Waals surface area contributed by atoms with Gasteiger partial charge in [0.15, 0.2) is 0 Å². The molecule has 1 heterocycles. The zero-order chi connectivity index (χ0) is 13.2. The lowest BCUT2D eigenvalue weighted by Crippen LogP contribution is -2.22. The molecule has 0 aliphatic rings. The van der Waals surface area contributed by atoms with Crippen molar-refractivity contribution >= 4 is 0 Å². The van der Waals surface area contributed by atoms with Gasteiger partial charge in [0.2, 0.25) is 0 Å². The van der Waals surface area contributed by atoms with Crippen LogP contribution in [0.4, 0.5) is 0 Å². The van der Waals surface area contributed by atoms with Crippen molar-refractivity contribution in [2.24, 2.45) is 0 Å². The van der Waals surface area contributed by atoms with Gasteiger partial charge in [0.1, 0.15) is 0 Å². The molecule has 0 amide bonds. The van der Waals surface area contributed by atoms with Crippen LogP contribution in [0.1, 0.15) is 50.5 Å². The summed E-state index contributed by atoms with van der Waals surface area (Å²) in [5.74, 6) is 0. The van der Waals surface area contributed by atoms with Crippen molar-refractivity contribution in [2.75, 3.05) is 19.8 Å². The minimum atomic E-state index is 0.245. The van der Waals surface area contributed by atoms with Gasteiger partial charge in [-0.2, -0.15) is 0 Å². The van der Waals surface area contributed by atoms with Gasteiger partial charge in [-0.25, -0.2) is 0 Å². The molecule has 0 saturated heterocycles. The molecule has 0 aromatic carbocycles. The van der Waals surface area contributed by atoms with Gasteiger partial charge < -0.3 is 10.1 Å². The fourth-order valence-corrected chi connectivity index (χ4v) is 1.78. The maximum Gasteiger partial charge on any atom is 0.0782 e. The van der Waals surface area contributed by atoms with E-state index in [9.17, 15) is 0 Å². The molecule has 4 nitrogen and oxygen atoms in total. The van der Waals surface area contributed by atoms with E-state index >= 15 is 0 Å². The molecule has 0 aliphatic heterocycles. The highest BCUT2D eigenvalue weighted by Gasteiger charge is 2.08. The van der Waals surface area contributed by atoms with Crippen molar-refractivity contribution in [3.05, 3.63) is 23.8 Å². The van der Waals surface area contributed by atoms with E-state index in [1.807, 2.05) is 6.92 Å². The Bertz CT molecular complexity index is 331. The minimum Gasteiger partial charge on any atom is -0.381 e. The molecule has 0 spiro atoms. The van der Waals surface area contributed by atoms with Crippen LogP contribution in [-0.4, -0.2) is 29.7 Å². The molecule has 1 rings (SSSR count). The van der Waals surface area contributed by atoms with Gasteiger partial charge in [0, 0.05) is 31.6 Å². The molecule has 1 aromatic heterocycles. The maximum absolute atomic E-state index is 5.52. The third-order valence-electron chi connectivity index (χ3n) is 2.89. The van der Waals surface area contributed by atoms with E-state index in [1.165, 1.54) is 6.42 Å². The fraction of sp³-hybridized carbons (Fsp3) is 0.714. The summed E-state index contributed by atoms with van der Waals surface area (Å²) < 4.78 is 5.52. The highest BCUT2D eigenvalue weighted by atomic mass is 16.5. The summed E-state index contributed by atoms with van der Waals surface area (Å²) >= 11 is 0. The van der Waals surface area contributed by atoms with Crippen LogP contribution in [0.5, 0.6) is 0 Å². The smallest absolute Gasteiger partial charge is 0.0782 e. The summed E-state index contributed by atoms with van der Waals surface area (Å²) in [7, 11) is 0. The van der Waals surface area contributed by atoms with Crippen LogP contribution < -0.4 is 5.32 Å². The van der Waals surface area contributed by atoms with Gasteiger partial charge in [-0.05, 0) is 33.2 Å². The number of aryl methyl sites for hydroxylation is 1. The monoisotopic (exact) mass is 251 g/mol. The summed E-state index contributed by atoms with van der Waals surface area (Å²) in [6, 6.07) is 0.245. The Hall–Kier alpha value is -1.00. The highest BCUT2D eigenvalue weighted by Crippen LogP contribution is 2.11. The third kappa shape index (κ3) is 5.56. The van der Waals surface area contributed by atoms with Crippen molar-refractivity contribution in [1.82, 2.24) is 15.3 Å². The molecule has 1 atom stereocenters. The number of hydrogen-bond donors (Lipinski definition) is 1. The Morgan fingerprint density at radius 3 is 2.67 bits per heavy atom. The Labute approximate surface area is 110 Å². The zero-order valence-corrected chi connectivity index (χ0v) is 11.8. The quantitative estimate of drug-likeness (QED) is 0.685. The van der Waals surface area contributed by atoms with Gasteiger partial charge in [-0.15, -0.1) is 0 Å². The summed E-state index contributed by atoms with van der Waals surface area (Å²) in [5, 5.41) is 3.45. The van der Waals surface area contributed by atoms with E-state index in [4.69, 9.17) is 4.74 Å². The van der Waals surface area contributed by atoms with Crippen LogP contribution in [-0.2, 0) is 4.74 Å². The molecule has 0 bridgehead atoms. The van der Waals surface area contributed by atoms with Crippen LogP contribution in [0.3, 0.4) is 0 Å². The Balaban J connectivity index is 2.14. The molecule has 0 saturated carbocycles. The minimum absolute atomic E-state index is 0.245. The first-order valence-corrected chi connectivity index (χ1v) is 6.84. The van der Waals surface area contributed by atoms with Gasteiger partial charge in [-0.1, -0.05) is 13.3 Å². The second-order valence-corrected chi connectivity index (χ2v) is 4.52. The first kappa shape index (κ1) is 15.1. The molecular weight excluding hydrogens is 226 g/mol. The highest BCUT2D eigenvalue weighted by molar-refractivity contribution is 5.12. The summed E-state index contributed by atoms with van der Waals surface area (Å²) in [4.78, 5) is 8.61. The normalized spacial score (nSPS) is 12.6. The predicted molar refractivity (Wildman–Crippen MR) is 73.5 cm³/mol. The van der Waals surface area contributed by atoms with Crippen molar-refractivity contribution in [2.45, 2.75) is 46.1 Å². The van der Waals surface area contributed by atoms with E-state index in [0.717, 1.165) is 44.0 Å². The third-order valence-corrected chi connectivity index (χ3v) is 2.89. The lowest BCUT2D eigenvalue weighted by Gasteiger charge is -2.14. The molecule has 0 aliphatic carbocycles. The predicted octanol–water partition coefficient (Wildman–Crippen LogP) is 2.64. The number of nitrogens with one attached hydrogen (secondary N) is 1. The van der Waals surface area contributed by atoms with Gasteiger partial charge in [0.05, 0.1) is 11.4 Å². The summed E-state index contributed by atoms with van der Waals surface area (Å²) in [6.07, 6.45) is 6.86. The number of unbranched alkanes of at least 4 members (excludes halogenated alkanes) is 1. The lowest BCUT2D eigenvalue weighted by molar-refractivity contribution is 0.128. The fourth-order valence-electron chi connectivity index (χ4n) is 1.78. The molecule has 1 aromatic rings. The number of nitrogens with zero attached hydrogens (tertiary/aromatic N) is 2. The molecule has 102 valence electrons. The van der Waals surface area contributed by atoms with Crippen LogP contribution in [0.25, 0.3) is 0 Å². The van der Waals surface area contributed by atoms with Crippen LogP contribution in [0, 0.1) is 6.92 Å². The largest absolute Gasteiger partial charge is 0.381 e. The number of hydrogen-bond acceptors (Lipinski definition) is 4. The van der Waals surface area contributed by atoms with Crippen molar-refractivity contribution in [3.63, 3.8) is 0 Å². The average Bonchev–Trinajstić information content (AvgIpc) is 2.38. The van der Waals surface area contributed by atoms with Gasteiger partial charge >= 0.3 is 0 Å². The zero-order valence-electron chi connectivity index (χ0n) is 11.8. The Morgan fingerprint density at radius 1 is 1.22 bits per heavy atom. The first-order chi connectivity index (χ1) is 8.75. The standard InChI is InChI=1S/C14H25N3O/c1-4-5-10-18-11-6-7-15-12(2)14-13(3)16-8-9-17-14/h8-9,12,15H,4-7,10-11H2,1-3H3. The summed E-state index contributed by atoms with van der Waals surface area (Å²) in [6.45, 7) is 8.96. The molecule has 0 fully saturated rings. The lowest BCUT2D eigenvalue weighted by atomic mass is 10.2. The van der Waals surface area contributed by atoms with E-state index in [2.05, 4.69) is 29.1 Å². The average molecular weight is 251 g/mol. The molecule has 18 heavy (non-hydrogen) atoms. The van der Waals surface area contributed by atoms with Crippen molar-refractivity contribution < 1.29 is 4.74 Å². The first-order valence-electron chi connectivity index (χ1n) is 6.84.